The highest BCUT2D eigenvalue weighted by molar-refractivity contribution is 5.44. The van der Waals surface area contributed by atoms with E-state index < -0.39 is 0 Å². The molecule has 0 saturated heterocycles. The first kappa shape index (κ1) is 14.5. The summed E-state index contributed by atoms with van der Waals surface area (Å²) >= 11 is 0. The summed E-state index contributed by atoms with van der Waals surface area (Å²) in [5, 5.41) is 2.98. The van der Waals surface area contributed by atoms with Crippen molar-refractivity contribution < 1.29 is 0 Å². The lowest BCUT2D eigenvalue weighted by Crippen LogP contribution is -2.30. The molecule has 6 nitrogen and oxygen atoms in total. The van der Waals surface area contributed by atoms with Gasteiger partial charge >= 0.3 is 0 Å². The van der Waals surface area contributed by atoms with Crippen molar-refractivity contribution in [2.45, 2.75) is 20.8 Å². The van der Waals surface area contributed by atoms with Crippen LogP contribution in [0.1, 0.15) is 20.8 Å². The highest BCUT2D eigenvalue weighted by atomic mass is 15.3. The molecule has 0 spiro atoms. The Morgan fingerprint density at radius 2 is 1.72 bits per heavy atom. The Kier molecular flexibility index (Phi) is 5.12. The lowest BCUT2D eigenvalue weighted by atomic mass is 10.2. The first-order chi connectivity index (χ1) is 8.47. The van der Waals surface area contributed by atoms with E-state index in [1.54, 1.807) is 0 Å². The first-order valence-electron chi connectivity index (χ1n) is 6.34. The van der Waals surface area contributed by atoms with Gasteiger partial charge in [0, 0.05) is 34.2 Å². The number of aromatic nitrogens is 3. The van der Waals surface area contributed by atoms with Gasteiger partial charge < -0.3 is 15.1 Å². The lowest BCUT2D eigenvalue weighted by molar-refractivity contribution is 0.608. The normalized spacial score (nSPS) is 10.6. The van der Waals surface area contributed by atoms with Gasteiger partial charge in [0.15, 0.2) is 0 Å². The van der Waals surface area contributed by atoms with Crippen molar-refractivity contribution in [2.75, 3.05) is 49.3 Å². The van der Waals surface area contributed by atoms with Gasteiger partial charge in [0.1, 0.15) is 0 Å². The third-order valence-electron chi connectivity index (χ3n) is 2.49. The summed E-state index contributed by atoms with van der Waals surface area (Å²) in [7, 11) is 5.67. The third-order valence-corrected chi connectivity index (χ3v) is 2.49. The number of anilines is 3. The number of rotatable bonds is 6. The molecule has 18 heavy (non-hydrogen) atoms. The fraction of sp³-hybridized carbons (Fsp3) is 0.750. The zero-order chi connectivity index (χ0) is 13.7. The van der Waals surface area contributed by atoms with Crippen LogP contribution in [-0.2, 0) is 0 Å². The maximum atomic E-state index is 4.49. The molecule has 1 heterocycles. The number of hydrogen-bond acceptors (Lipinski definition) is 6. The quantitative estimate of drug-likeness (QED) is 0.827. The number of hydrogen-bond donors (Lipinski definition) is 1. The van der Waals surface area contributed by atoms with Crippen LogP contribution in [-0.4, -0.2) is 49.2 Å². The van der Waals surface area contributed by atoms with Crippen LogP contribution in [0.5, 0.6) is 0 Å². The minimum atomic E-state index is 0.572. The largest absolute Gasteiger partial charge is 0.357 e. The van der Waals surface area contributed by atoms with E-state index in [-0.39, 0.29) is 0 Å². The standard InChI is InChI=1S/C12H24N6/c1-7-18(8-9(2)3)12-15-10(13-4)14-11(16-12)17(5)6/h9H,7-8H2,1-6H3,(H,13,14,15,16). The highest BCUT2D eigenvalue weighted by Crippen LogP contribution is 2.15. The second-order valence-electron chi connectivity index (χ2n) is 4.84. The molecule has 0 aliphatic rings. The molecule has 0 amide bonds. The maximum Gasteiger partial charge on any atom is 0.231 e. The van der Waals surface area contributed by atoms with Crippen LogP contribution in [0.2, 0.25) is 0 Å². The smallest absolute Gasteiger partial charge is 0.231 e. The summed E-state index contributed by atoms with van der Waals surface area (Å²) < 4.78 is 0. The molecule has 0 aromatic carbocycles. The second-order valence-corrected chi connectivity index (χ2v) is 4.84. The number of nitrogens with zero attached hydrogens (tertiary/aromatic N) is 5. The van der Waals surface area contributed by atoms with Crippen LogP contribution in [0.25, 0.3) is 0 Å². The van der Waals surface area contributed by atoms with E-state index in [1.807, 2.05) is 26.0 Å². The summed E-state index contributed by atoms with van der Waals surface area (Å²) in [4.78, 5) is 17.3. The SMILES string of the molecule is CCN(CC(C)C)c1nc(NC)nc(N(C)C)n1. The molecule has 0 unspecified atom stereocenters. The molecular formula is C12H24N6. The zero-order valence-corrected chi connectivity index (χ0v) is 12.2. The number of nitrogens with one attached hydrogen (secondary N) is 1. The van der Waals surface area contributed by atoms with Gasteiger partial charge in [0.05, 0.1) is 0 Å². The minimum absolute atomic E-state index is 0.572. The van der Waals surface area contributed by atoms with Gasteiger partial charge in [-0.25, -0.2) is 0 Å². The van der Waals surface area contributed by atoms with E-state index in [2.05, 4.69) is 45.9 Å². The summed E-state index contributed by atoms with van der Waals surface area (Å²) in [5.41, 5.74) is 0. The van der Waals surface area contributed by atoms with E-state index in [9.17, 15) is 0 Å². The van der Waals surface area contributed by atoms with Crippen LogP contribution < -0.4 is 15.1 Å². The summed E-state index contributed by atoms with van der Waals surface area (Å²) in [6, 6.07) is 0. The fourth-order valence-corrected chi connectivity index (χ4v) is 1.60. The first-order valence-corrected chi connectivity index (χ1v) is 6.34. The van der Waals surface area contributed by atoms with Gasteiger partial charge in [-0.15, -0.1) is 0 Å². The van der Waals surface area contributed by atoms with Crippen LogP contribution in [0, 0.1) is 5.92 Å². The fourth-order valence-electron chi connectivity index (χ4n) is 1.60. The van der Waals surface area contributed by atoms with E-state index >= 15 is 0 Å². The predicted octanol–water partition coefficient (Wildman–Crippen LogP) is 1.46. The molecule has 1 rings (SSSR count). The summed E-state index contributed by atoms with van der Waals surface area (Å²) in [6.07, 6.45) is 0. The topological polar surface area (TPSA) is 57.2 Å². The lowest BCUT2D eigenvalue weighted by Gasteiger charge is -2.24. The van der Waals surface area contributed by atoms with Gasteiger partial charge in [0.2, 0.25) is 17.8 Å². The van der Waals surface area contributed by atoms with E-state index in [4.69, 9.17) is 0 Å². The average molecular weight is 252 g/mol. The van der Waals surface area contributed by atoms with Crippen molar-refractivity contribution in [1.82, 2.24) is 15.0 Å². The van der Waals surface area contributed by atoms with Crippen LogP contribution in [0.4, 0.5) is 17.8 Å². The van der Waals surface area contributed by atoms with Gasteiger partial charge in [-0.2, -0.15) is 15.0 Å². The molecule has 102 valence electrons. The van der Waals surface area contributed by atoms with Gasteiger partial charge in [-0.1, -0.05) is 13.8 Å². The monoisotopic (exact) mass is 252 g/mol. The molecule has 1 N–H and O–H groups in total. The Hall–Kier alpha value is -1.59. The van der Waals surface area contributed by atoms with Crippen molar-refractivity contribution in [3.63, 3.8) is 0 Å². The van der Waals surface area contributed by atoms with Crippen molar-refractivity contribution in [3.05, 3.63) is 0 Å². The van der Waals surface area contributed by atoms with Crippen LogP contribution in [0.3, 0.4) is 0 Å². The Morgan fingerprint density at radius 3 is 2.17 bits per heavy atom. The molecule has 0 aliphatic heterocycles. The summed E-state index contributed by atoms with van der Waals surface area (Å²) in [5.74, 6) is 2.58. The predicted molar refractivity (Wildman–Crippen MR) is 76.4 cm³/mol. The minimum Gasteiger partial charge on any atom is -0.357 e. The maximum absolute atomic E-state index is 4.49. The van der Waals surface area contributed by atoms with Gasteiger partial charge in [-0.3, -0.25) is 0 Å². The Balaban J connectivity index is 3.08. The summed E-state index contributed by atoms with van der Waals surface area (Å²) in [6.45, 7) is 8.32. The average Bonchev–Trinajstić information content (AvgIpc) is 2.34. The van der Waals surface area contributed by atoms with Crippen molar-refractivity contribution in [1.29, 1.82) is 0 Å². The molecule has 1 aromatic rings. The van der Waals surface area contributed by atoms with E-state index in [0.717, 1.165) is 19.0 Å². The molecular weight excluding hydrogens is 228 g/mol. The molecule has 1 aromatic heterocycles. The Labute approximate surface area is 109 Å². The van der Waals surface area contributed by atoms with Crippen molar-refractivity contribution in [3.8, 4) is 0 Å². The van der Waals surface area contributed by atoms with Gasteiger partial charge in [-0.05, 0) is 12.8 Å². The molecule has 0 bridgehead atoms. The van der Waals surface area contributed by atoms with Crippen LogP contribution >= 0.6 is 0 Å². The van der Waals surface area contributed by atoms with E-state index in [1.165, 1.54) is 0 Å². The Morgan fingerprint density at radius 1 is 1.11 bits per heavy atom. The molecule has 0 radical (unpaired) electrons. The van der Waals surface area contributed by atoms with Crippen molar-refractivity contribution >= 4 is 17.8 Å². The molecule has 0 fully saturated rings. The van der Waals surface area contributed by atoms with Crippen molar-refractivity contribution in [2.24, 2.45) is 5.92 Å². The molecule has 0 atom stereocenters. The molecule has 0 saturated carbocycles. The Bertz CT molecular complexity index is 377. The molecule has 6 heteroatoms. The van der Waals surface area contributed by atoms with Crippen LogP contribution in [0.15, 0.2) is 0 Å². The molecule has 0 aliphatic carbocycles. The highest BCUT2D eigenvalue weighted by Gasteiger charge is 2.13. The van der Waals surface area contributed by atoms with Gasteiger partial charge in [0.25, 0.3) is 0 Å². The van der Waals surface area contributed by atoms with E-state index in [0.29, 0.717) is 17.8 Å². The zero-order valence-electron chi connectivity index (χ0n) is 12.2. The second kappa shape index (κ2) is 6.37. The third kappa shape index (κ3) is 3.72.